The van der Waals surface area contributed by atoms with Crippen LogP contribution in [0.15, 0.2) is 53.1 Å². The van der Waals surface area contributed by atoms with Gasteiger partial charge in [-0.15, -0.1) is 0 Å². The van der Waals surface area contributed by atoms with Gasteiger partial charge in [-0.25, -0.2) is 0 Å². The molecule has 1 heterocycles. The summed E-state index contributed by atoms with van der Waals surface area (Å²) in [5.74, 6) is 1.26. The van der Waals surface area contributed by atoms with Gasteiger partial charge >= 0.3 is 6.01 Å². The van der Waals surface area contributed by atoms with Gasteiger partial charge in [-0.05, 0) is 41.8 Å². The summed E-state index contributed by atoms with van der Waals surface area (Å²) in [6.45, 7) is 0. The number of ether oxygens (including phenoxy) is 1. The van der Waals surface area contributed by atoms with Crippen molar-refractivity contribution in [2.24, 2.45) is 0 Å². The van der Waals surface area contributed by atoms with Crippen molar-refractivity contribution in [2.75, 3.05) is 26.1 Å². The number of halogens is 1. The maximum Gasteiger partial charge on any atom is 0.323 e. The van der Waals surface area contributed by atoms with Crippen LogP contribution in [0, 0.1) is 0 Å². The number of benzene rings is 2. The molecule has 2 aromatic carbocycles. The molecule has 6 nitrogen and oxygen atoms in total. The zero-order valence-electron chi connectivity index (χ0n) is 16.8. The van der Waals surface area contributed by atoms with E-state index in [1.165, 1.54) is 0 Å². The number of ketones is 1. The quantitative estimate of drug-likeness (QED) is 0.520. The Morgan fingerprint density at radius 2 is 1.76 bits per heavy atom. The van der Waals surface area contributed by atoms with Gasteiger partial charge in [0.05, 0.1) is 7.11 Å². The van der Waals surface area contributed by atoms with Gasteiger partial charge in [0.2, 0.25) is 0 Å². The van der Waals surface area contributed by atoms with Crippen LogP contribution in [-0.4, -0.2) is 37.1 Å². The summed E-state index contributed by atoms with van der Waals surface area (Å²) in [6, 6.07) is 15.5. The highest BCUT2D eigenvalue weighted by Crippen LogP contribution is 2.26. The normalized spacial score (nSPS) is 11.9. The van der Waals surface area contributed by atoms with E-state index in [0.717, 1.165) is 16.9 Å². The first-order chi connectivity index (χ1) is 13.9. The van der Waals surface area contributed by atoms with Crippen LogP contribution in [0.2, 0.25) is 5.02 Å². The molecule has 0 fully saturated rings. The average molecular weight is 414 g/mol. The first-order valence-electron chi connectivity index (χ1n) is 9.34. The average Bonchev–Trinajstić information content (AvgIpc) is 3.20. The van der Waals surface area contributed by atoms with Gasteiger partial charge in [-0.3, -0.25) is 4.79 Å². The van der Waals surface area contributed by atoms with E-state index in [9.17, 15) is 4.79 Å². The van der Waals surface area contributed by atoms with Gasteiger partial charge < -0.3 is 14.2 Å². The van der Waals surface area contributed by atoms with Crippen molar-refractivity contribution in [3.8, 4) is 5.75 Å². The number of carbonyl (C=O) groups excluding carboxylic acids is 1. The molecule has 0 aliphatic carbocycles. The Hall–Kier alpha value is -2.86. The summed E-state index contributed by atoms with van der Waals surface area (Å²) < 4.78 is 10.5. The molecule has 0 bridgehead atoms. The third kappa shape index (κ3) is 5.81. The van der Waals surface area contributed by atoms with E-state index >= 15 is 0 Å². The number of hydrogen-bond donors (Lipinski definition) is 0. The Morgan fingerprint density at radius 1 is 1.10 bits per heavy atom. The minimum Gasteiger partial charge on any atom is -0.497 e. The molecule has 0 spiro atoms. The van der Waals surface area contributed by atoms with Crippen LogP contribution in [0.4, 0.5) is 6.01 Å². The Labute approximate surface area is 175 Å². The molecule has 0 aliphatic rings. The maximum absolute atomic E-state index is 12.8. The van der Waals surface area contributed by atoms with Crippen LogP contribution >= 0.6 is 11.6 Å². The van der Waals surface area contributed by atoms with E-state index in [1.807, 2.05) is 50.5 Å². The van der Waals surface area contributed by atoms with Crippen molar-refractivity contribution < 1.29 is 14.1 Å². The van der Waals surface area contributed by atoms with E-state index in [4.69, 9.17) is 20.9 Å². The van der Waals surface area contributed by atoms with Gasteiger partial charge in [0, 0.05) is 37.9 Å². The minimum atomic E-state index is -0.180. The van der Waals surface area contributed by atoms with Crippen LogP contribution in [0.5, 0.6) is 5.75 Å². The third-order valence-corrected chi connectivity index (χ3v) is 4.86. The molecule has 0 aliphatic heterocycles. The zero-order valence-corrected chi connectivity index (χ0v) is 17.5. The number of methoxy groups -OCH3 is 1. The van der Waals surface area contributed by atoms with Gasteiger partial charge in [0.15, 0.2) is 5.82 Å². The van der Waals surface area contributed by atoms with Gasteiger partial charge in [0.25, 0.3) is 0 Å². The van der Waals surface area contributed by atoms with Crippen molar-refractivity contribution in [1.82, 2.24) is 10.1 Å². The number of Topliss-reactive ketones (excluding diaryl/α,β-unsaturated/α-hetero) is 1. The molecular formula is C22H24ClN3O3. The van der Waals surface area contributed by atoms with Gasteiger partial charge in [-0.1, -0.05) is 41.0 Å². The monoisotopic (exact) mass is 413 g/mol. The van der Waals surface area contributed by atoms with E-state index in [-0.39, 0.29) is 11.7 Å². The summed E-state index contributed by atoms with van der Waals surface area (Å²) in [5.41, 5.74) is 2.01. The highest BCUT2D eigenvalue weighted by atomic mass is 35.5. The fourth-order valence-electron chi connectivity index (χ4n) is 3.05. The summed E-state index contributed by atoms with van der Waals surface area (Å²) in [6.07, 6.45) is 1.29. The summed E-state index contributed by atoms with van der Waals surface area (Å²) in [4.78, 5) is 19.0. The molecule has 0 radical (unpaired) electrons. The topological polar surface area (TPSA) is 68.5 Å². The number of carbonyl (C=O) groups is 1. The zero-order chi connectivity index (χ0) is 20.8. The molecule has 0 N–H and O–H groups in total. The second-order valence-corrected chi connectivity index (χ2v) is 7.56. The molecule has 1 aromatic heterocycles. The van der Waals surface area contributed by atoms with Crippen LogP contribution in [-0.2, 0) is 17.6 Å². The van der Waals surface area contributed by atoms with Crippen molar-refractivity contribution in [3.63, 3.8) is 0 Å². The second kappa shape index (κ2) is 9.56. The van der Waals surface area contributed by atoms with Gasteiger partial charge in [-0.2, -0.15) is 4.98 Å². The molecule has 1 atom stereocenters. The fraction of sp³-hybridized carbons (Fsp3) is 0.318. The van der Waals surface area contributed by atoms with Gasteiger partial charge in [0.1, 0.15) is 11.5 Å². The smallest absolute Gasteiger partial charge is 0.323 e. The largest absolute Gasteiger partial charge is 0.497 e. The minimum absolute atomic E-state index is 0.113. The predicted octanol–water partition coefficient (Wildman–Crippen LogP) is 4.33. The molecule has 3 aromatic rings. The first-order valence-corrected chi connectivity index (χ1v) is 9.72. The molecule has 3 rings (SSSR count). The summed E-state index contributed by atoms with van der Waals surface area (Å²) >= 11 is 5.93. The number of anilines is 1. The van der Waals surface area contributed by atoms with E-state index < -0.39 is 0 Å². The number of hydrogen-bond acceptors (Lipinski definition) is 6. The molecule has 152 valence electrons. The lowest BCUT2D eigenvalue weighted by atomic mass is 9.91. The number of nitrogens with zero attached hydrogens (tertiary/aromatic N) is 3. The fourth-order valence-corrected chi connectivity index (χ4v) is 3.18. The summed E-state index contributed by atoms with van der Waals surface area (Å²) in [5, 5.41) is 4.77. The first kappa shape index (κ1) is 20.9. The Kier molecular flexibility index (Phi) is 6.88. The van der Waals surface area contributed by atoms with Crippen LogP contribution in [0.3, 0.4) is 0 Å². The second-order valence-electron chi connectivity index (χ2n) is 7.12. The van der Waals surface area contributed by atoms with Crippen molar-refractivity contribution in [2.45, 2.75) is 25.2 Å². The van der Waals surface area contributed by atoms with Crippen LogP contribution in [0.25, 0.3) is 0 Å². The Balaban J connectivity index is 1.76. The highest BCUT2D eigenvalue weighted by molar-refractivity contribution is 6.30. The Morgan fingerprint density at radius 3 is 2.34 bits per heavy atom. The molecule has 0 saturated carbocycles. The van der Waals surface area contributed by atoms with Crippen molar-refractivity contribution in [1.29, 1.82) is 0 Å². The van der Waals surface area contributed by atoms with E-state index in [0.29, 0.717) is 36.1 Å². The SMILES string of the molecule is COc1ccc(C[C@H](CC(=O)Cc2ccc(Cl)cc2)c2noc(N(C)C)n2)cc1. The number of aromatic nitrogens is 2. The predicted molar refractivity (Wildman–Crippen MR) is 113 cm³/mol. The van der Waals surface area contributed by atoms with Crippen LogP contribution in [0.1, 0.15) is 29.3 Å². The van der Waals surface area contributed by atoms with Crippen molar-refractivity contribution in [3.05, 3.63) is 70.5 Å². The molecule has 0 unspecified atom stereocenters. The molecule has 29 heavy (non-hydrogen) atoms. The van der Waals surface area contributed by atoms with Crippen LogP contribution < -0.4 is 9.64 Å². The third-order valence-electron chi connectivity index (χ3n) is 4.61. The lowest BCUT2D eigenvalue weighted by Crippen LogP contribution is -2.14. The lowest BCUT2D eigenvalue weighted by molar-refractivity contribution is -0.118. The lowest BCUT2D eigenvalue weighted by Gasteiger charge is -2.13. The molecule has 0 saturated heterocycles. The highest BCUT2D eigenvalue weighted by Gasteiger charge is 2.23. The maximum atomic E-state index is 12.8. The summed E-state index contributed by atoms with van der Waals surface area (Å²) in [7, 11) is 5.30. The van der Waals surface area contributed by atoms with E-state index in [1.54, 1.807) is 24.1 Å². The standard InChI is InChI=1S/C22H24ClN3O3/c1-26(2)22-24-21(25-29-22)17(12-15-6-10-20(28-3)11-7-15)14-19(27)13-16-4-8-18(23)9-5-16/h4-11,17H,12-14H2,1-3H3/t17-/m1/s1. The van der Waals surface area contributed by atoms with E-state index in [2.05, 4.69) is 10.1 Å². The molecular weight excluding hydrogens is 390 g/mol. The molecule has 0 amide bonds. The van der Waals surface area contributed by atoms with Crippen molar-refractivity contribution >= 4 is 23.4 Å². The number of rotatable bonds is 9. The molecule has 7 heteroatoms. The Bertz CT molecular complexity index is 937.